The highest BCUT2D eigenvalue weighted by Gasteiger charge is 2.38. The van der Waals surface area contributed by atoms with Crippen LogP contribution in [0.1, 0.15) is 12.8 Å². The number of hydrogen-bond acceptors (Lipinski definition) is 3. The van der Waals surface area contributed by atoms with Crippen LogP contribution in [0.25, 0.3) is 0 Å². The molecular formula is C8H11F2NO3. The van der Waals surface area contributed by atoms with E-state index in [1.807, 2.05) is 0 Å². The third-order valence-corrected chi connectivity index (χ3v) is 2.04. The number of esters is 1. The summed E-state index contributed by atoms with van der Waals surface area (Å²) in [6, 6.07) is 0. The Hall–Kier alpha value is -1.20. The molecule has 1 aliphatic rings. The van der Waals surface area contributed by atoms with Crippen molar-refractivity contribution in [1.82, 2.24) is 4.90 Å². The fraction of sp³-hybridized carbons (Fsp3) is 0.750. The van der Waals surface area contributed by atoms with E-state index in [0.717, 1.165) is 12.0 Å². The summed E-state index contributed by atoms with van der Waals surface area (Å²) in [5.41, 5.74) is 0. The van der Waals surface area contributed by atoms with Gasteiger partial charge in [0.15, 0.2) is 0 Å². The first kappa shape index (κ1) is 10.9. The SMILES string of the molecule is COC(=O)C(=O)N1CCCC(F)(F)C1. The quantitative estimate of drug-likeness (QED) is 0.427. The van der Waals surface area contributed by atoms with E-state index < -0.39 is 24.3 Å². The van der Waals surface area contributed by atoms with Gasteiger partial charge >= 0.3 is 11.9 Å². The molecule has 0 N–H and O–H groups in total. The van der Waals surface area contributed by atoms with E-state index in [9.17, 15) is 18.4 Å². The number of methoxy groups -OCH3 is 1. The van der Waals surface area contributed by atoms with Crippen molar-refractivity contribution in [3.05, 3.63) is 0 Å². The number of alkyl halides is 2. The number of piperidine rings is 1. The van der Waals surface area contributed by atoms with Crippen molar-refractivity contribution in [2.24, 2.45) is 0 Å². The number of likely N-dealkylation sites (tertiary alicyclic amines) is 1. The van der Waals surface area contributed by atoms with Crippen LogP contribution < -0.4 is 0 Å². The first-order chi connectivity index (χ1) is 6.46. The van der Waals surface area contributed by atoms with Crippen LogP contribution in [0.4, 0.5) is 8.78 Å². The Morgan fingerprint density at radius 2 is 2.07 bits per heavy atom. The number of halogens is 2. The largest absolute Gasteiger partial charge is 0.462 e. The van der Waals surface area contributed by atoms with Crippen molar-refractivity contribution in [2.45, 2.75) is 18.8 Å². The van der Waals surface area contributed by atoms with E-state index in [-0.39, 0.29) is 19.4 Å². The van der Waals surface area contributed by atoms with Gasteiger partial charge in [-0.3, -0.25) is 4.79 Å². The zero-order valence-corrected chi connectivity index (χ0v) is 7.76. The minimum Gasteiger partial charge on any atom is -0.462 e. The Morgan fingerprint density at radius 3 is 2.57 bits per heavy atom. The number of nitrogens with zero attached hydrogens (tertiary/aromatic N) is 1. The molecule has 0 aliphatic carbocycles. The van der Waals surface area contributed by atoms with Gasteiger partial charge in [0, 0.05) is 13.0 Å². The van der Waals surface area contributed by atoms with E-state index in [1.165, 1.54) is 0 Å². The van der Waals surface area contributed by atoms with Gasteiger partial charge in [-0.05, 0) is 6.42 Å². The minimum absolute atomic E-state index is 0.184. The van der Waals surface area contributed by atoms with Gasteiger partial charge in [0.1, 0.15) is 0 Å². The van der Waals surface area contributed by atoms with E-state index in [4.69, 9.17) is 0 Å². The first-order valence-corrected chi connectivity index (χ1v) is 4.21. The van der Waals surface area contributed by atoms with E-state index in [2.05, 4.69) is 4.74 Å². The molecule has 80 valence electrons. The molecular weight excluding hydrogens is 196 g/mol. The van der Waals surface area contributed by atoms with E-state index in [1.54, 1.807) is 0 Å². The van der Waals surface area contributed by atoms with Crippen LogP contribution in [-0.2, 0) is 14.3 Å². The molecule has 1 saturated heterocycles. The van der Waals surface area contributed by atoms with Crippen LogP contribution in [0, 0.1) is 0 Å². The number of rotatable bonds is 0. The van der Waals surface area contributed by atoms with Gasteiger partial charge in [0.25, 0.3) is 5.92 Å². The fourth-order valence-corrected chi connectivity index (χ4v) is 1.36. The van der Waals surface area contributed by atoms with Crippen LogP contribution in [-0.4, -0.2) is 42.9 Å². The van der Waals surface area contributed by atoms with Crippen molar-refractivity contribution in [3.8, 4) is 0 Å². The molecule has 0 spiro atoms. The third kappa shape index (κ3) is 2.40. The first-order valence-electron chi connectivity index (χ1n) is 4.21. The average molecular weight is 207 g/mol. The molecule has 1 heterocycles. The maximum absolute atomic E-state index is 12.8. The molecule has 0 radical (unpaired) electrons. The second-order valence-corrected chi connectivity index (χ2v) is 3.18. The van der Waals surface area contributed by atoms with Crippen molar-refractivity contribution in [3.63, 3.8) is 0 Å². The zero-order valence-electron chi connectivity index (χ0n) is 7.76. The lowest BCUT2D eigenvalue weighted by Gasteiger charge is -2.31. The smallest absolute Gasteiger partial charge is 0.396 e. The van der Waals surface area contributed by atoms with Crippen LogP contribution in [0.5, 0.6) is 0 Å². The number of ether oxygens (including phenoxy) is 1. The molecule has 6 heteroatoms. The number of carbonyl (C=O) groups excluding carboxylic acids is 2. The Morgan fingerprint density at radius 1 is 1.43 bits per heavy atom. The van der Waals surface area contributed by atoms with Gasteiger partial charge in [0.2, 0.25) is 0 Å². The highest BCUT2D eigenvalue weighted by molar-refractivity contribution is 6.32. The molecule has 1 aliphatic heterocycles. The molecule has 1 amide bonds. The third-order valence-electron chi connectivity index (χ3n) is 2.04. The predicted molar refractivity (Wildman–Crippen MR) is 42.8 cm³/mol. The molecule has 4 nitrogen and oxygen atoms in total. The van der Waals surface area contributed by atoms with Crippen LogP contribution in [0.3, 0.4) is 0 Å². The number of hydrogen-bond donors (Lipinski definition) is 0. The zero-order chi connectivity index (χ0) is 10.8. The summed E-state index contributed by atoms with van der Waals surface area (Å²) in [6.07, 6.45) is -0.0340. The molecule has 14 heavy (non-hydrogen) atoms. The highest BCUT2D eigenvalue weighted by Crippen LogP contribution is 2.26. The van der Waals surface area contributed by atoms with Gasteiger partial charge in [0.05, 0.1) is 13.7 Å². The molecule has 0 aromatic rings. The molecule has 0 atom stereocenters. The molecule has 0 bridgehead atoms. The summed E-state index contributed by atoms with van der Waals surface area (Å²) in [4.78, 5) is 22.7. The van der Waals surface area contributed by atoms with Gasteiger partial charge in [-0.1, -0.05) is 0 Å². The maximum Gasteiger partial charge on any atom is 0.396 e. The number of amides is 1. The fourth-order valence-electron chi connectivity index (χ4n) is 1.36. The maximum atomic E-state index is 12.8. The van der Waals surface area contributed by atoms with Gasteiger partial charge in [-0.25, -0.2) is 13.6 Å². The Balaban J connectivity index is 2.61. The standard InChI is InChI=1S/C8H11F2NO3/c1-14-7(13)6(12)11-4-2-3-8(9,10)5-11/h2-5H2,1H3. The summed E-state index contributed by atoms with van der Waals surface area (Å²) in [6.45, 7) is -0.509. The van der Waals surface area contributed by atoms with Crippen LogP contribution >= 0.6 is 0 Å². The molecule has 0 unspecified atom stereocenters. The van der Waals surface area contributed by atoms with Crippen molar-refractivity contribution in [2.75, 3.05) is 20.2 Å². The molecule has 0 aromatic heterocycles. The molecule has 1 rings (SSSR count). The van der Waals surface area contributed by atoms with Crippen LogP contribution in [0.2, 0.25) is 0 Å². The summed E-state index contributed by atoms with van der Waals surface area (Å²) in [5, 5.41) is 0. The summed E-state index contributed by atoms with van der Waals surface area (Å²) in [7, 11) is 1.04. The highest BCUT2D eigenvalue weighted by atomic mass is 19.3. The van der Waals surface area contributed by atoms with Crippen LogP contribution in [0.15, 0.2) is 0 Å². The Bertz CT molecular complexity index is 255. The lowest BCUT2D eigenvalue weighted by molar-refractivity contribution is -0.162. The van der Waals surface area contributed by atoms with E-state index >= 15 is 0 Å². The second-order valence-electron chi connectivity index (χ2n) is 3.18. The second kappa shape index (κ2) is 3.89. The van der Waals surface area contributed by atoms with Gasteiger partial charge in [-0.2, -0.15) is 0 Å². The minimum atomic E-state index is -2.89. The Kier molecular flexibility index (Phi) is 3.03. The summed E-state index contributed by atoms with van der Waals surface area (Å²) >= 11 is 0. The predicted octanol–water partition coefficient (Wildman–Crippen LogP) is 0.417. The summed E-state index contributed by atoms with van der Waals surface area (Å²) < 4.78 is 29.8. The lowest BCUT2D eigenvalue weighted by Crippen LogP contribution is -2.48. The Labute approximate surface area is 79.8 Å². The van der Waals surface area contributed by atoms with Gasteiger partial charge < -0.3 is 9.64 Å². The van der Waals surface area contributed by atoms with Crippen molar-refractivity contribution < 1.29 is 23.1 Å². The van der Waals surface area contributed by atoms with Crippen molar-refractivity contribution in [1.29, 1.82) is 0 Å². The number of carbonyl (C=O) groups is 2. The molecule has 1 fully saturated rings. The van der Waals surface area contributed by atoms with E-state index in [0.29, 0.717) is 0 Å². The lowest BCUT2D eigenvalue weighted by atomic mass is 10.1. The molecule has 0 aromatic carbocycles. The summed E-state index contributed by atoms with van der Waals surface area (Å²) in [5.74, 6) is -4.98. The monoisotopic (exact) mass is 207 g/mol. The average Bonchev–Trinajstić information content (AvgIpc) is 2.14. The van der Waals surface area contributed by atoms with Crippen molar-refractivity contribution >= 4 is 11.9 Å². The van der Waals surface area contributed by atoms with Gasteiger partial charge in [-0.15, -0.1) is 0 Å². The normalized spacial score (nSPS) is 20.4. The topological polar surface area (TPSA) is 46.6 Å². The molecule has 0 saturated carbocycles.